The van der Waals surface area contributed by atoms with Crippen LogP contribution in [0.15, 0.2) is 30.3 Å². The van der Waals surface area contributed by atoms with Gasteiger partial charge in [0.05, 0.1) is 19.8 Å². The van der Waals surface area contributed by atoms with Gasteiger partial charge in [0.1, 0.15) is 5.60 Å². The standard InChI is InChI=1S/C19H27NO5/c1-18(2,3)25-17(22)20-19(16(21)23-4)12-8-11-15(19)24-13-14-9-6-5-7-10-14/h5-7,9-10,15H,8,11-13H2,1-4H3,(H,20,22). The highest BCUT2D eigenvalue weighted by atomic mass is 16.6. The first-order valence-electron chi connectivity index (χ1n) is 8.52. The van der Waals surface area contributed by atoms with E-state index in [0.29, 0.717) is 19.4 Å². The van der Waals surface area contributed by atoms with Gasteiger partial charge in [0.2, 0.25) is 0 Å². The van der Waals surface area contributed by atoms with Crippen molar-refractivity contribution < 1.29 is 23.8 Å². The van der Waals surface area contributed by atoms with Crippen molar-refractivity contribution in [2.24, 2.45) is 0 Å². The van der Waals surface area contributed by atoms with Gasteiger partial charge >= 0.3 is 12.1 Å². The van der Waals surface area contributed by atoms with Crippen molar-refractivity contribution in [2.45, 2.75) is 63.9 Å². The molecule has 0 aliphatic heterocycles. The van der Waals surface area contributed by atoms with Gasteiger partial charge in [-0.25, -0.2) is 9.59 Å². The quantitative estimate of drug-likeness (QED) is 0.827. The molecule has 1 aliphatic rings. The van der Waals surface area contributed by atoms with E-state index in [-0.39, 0.29) is 0 Å². The van der Waals surface area contributed by atoms with E-state index in [1.165, 1.54) is 7.11 Å². The number of alkyl carbamates (subject to hydrolysis) is 1. The van der Waals surface area contributed by atoms with E-state index in [1.807, 2.05) is 30.3 Å². The van der Waals surface area contributed by atoms with Crippen LogP contribution in [0, 0.1) is 0 Å². The molecule has 0 saturated heterocycles. The number of nitrogens with one attached hydrogen (secondary N) is 1. The molecule has 0 aromatic heterocycles. The number of hydrogen-bond donors (Lipinski definition) is 1. The van der Waals surface area contributed by atoms with Crippen LogP contribution in [0.1, 0.15) is 45.6 Å². The number of ether oxygens (including phenoxy) is 3. The van der Waals surface area contributed by atoms with Crippen LogP contribution in [0.25, 0.3) is 0 Å². The smallest absolute Gasteiger partial charge is 0.408 e. The third-order valence-corrected chi connectivity index (χ3v) is 4.15. The molecule has 0 radical (unpaired) electrons. The molecule has 1 aliphatic carbocycles. The van der Waals surface area contributed by atoms with E-state index in [9.17, 15) is 9.59 Å². The second-order valence-corrected chi connectivity index (χ2v) is 7.27. The van der Waals surface area contributed by atoms with Gasteiger partial charge in [-0.05, 0) is 45.6 Å². The number of carbonyl (C=O) groups excluding carboxylic acids is 2. The van der Waals surface area contributed by atoms with Crippen LogP contribution < -0.4 is 5.32 Å². The average molecular weight is 349 g/mol. The second kappa shape index (κ2) is 7.87. The van der Waals surface area contributed by atoms with E-state index in [2.05, 4.69) is 5.32 Å². The fourth-order valence-corrected chi connectivity index (χ4v) is 3.07. The molecule has 6 nitrogen and oxygen atoms in total. The molecule has 1 saturated carbocycles. The molecule has 0 bridgehead atoms. The van der Waals surface area contributed by atoms with Crippen molar-refractivity contribution in [3.05, 3.63) is 35.9 Å². The molecule has 0 heterocycles. The maximum atomic E-state index is 12.5. The number of rotatable bonds is 5. The van der Waals surface area contributed by atoms with Crippen LogP contribution in [-0.2, 0) is 25.6 Å². The average Bonchev–Trinajstić information content (AvgIpc) is 2.94. The molecule has 2 unspecified atom stereocenters. The summed E-state index contributed by atoms with van der Waals surface area (Å²) < 4.78 is 16.3. The van der Waals surface area contributed by atoms with Crippen LogP contribution in [0.2, 0.25) is 0 Å². The number of carbonyl (C=O) groups is 2. The minimum Gasteiger partial charge on any atom is -0.467 e. The van der Waals surface area contributed by atoms with Crippen LogP contribution in [0.3, 0.4) is 0 Å². The van der Waals surface area contributed by atoms with Crippen molar-refractivity contribution in [3.8, 4) is 0 Å². The lowest BCUT2D eigenvalue weighted by atomic mass is 9.95. The molecule has 1 N–H and O–H groups in total. The van der Waals surface area contributed by atoms with Gasteiger partial charge in [0.15, 0.2) is 5.54 Å². The molecule has 6 heteroatoms. The Labute approximate surface area is 148 Å². The molecule has 0 spiro atoms. The molecule has 1 aromatic carbocycles. The first kappa shape index (κ1) is 19.2. The summed E-state index contributed by atoms with van der Waals surface area (Å²) in [5.41, 5.74) is -0.864. The Morgan fingerprint density at radius 3 is 2.52 bits per heavy atom. The summed E-state index contributed by atoms with van der Waals surface area (Å²) in [6.45, 7) is 5.68. The molecular formula is C19H27NO5. The maximum absolute atomic E-state index is 12.5. The first-order chi connectivity index (χ1) is 11.8. The van der Waals surface area contributed by atoms with E-state index in [1.54, 1.807) is 20.8 Å². The fourth-order valence-electron chi connectivity index (χ4n) is 3.07. The molecular weight excluding hydrogens is 322 g/mol. The molecule has 1 fully saturated rings. The van der Waals surface area contributed by atoms with Gasteiger partial charge in [-0.3, -0.25) is 0 Å². The lowest BCUT2D eigenvalue weighted by Gasteiger charge is -2.34. The number of esters is 1. The molecule has 138 valence electrons. The zero-order valence-electron chi connectivity index (χ0n) is 15.3. The summed E-state index contributed by atoms with van der Waals surface area (Å²) in [6, 6.07) is 9.70. The van der Waals surface area contributed by atoms with E-state index >= 15 is 0 Å². The highest BCUT2D eigenvalue weighted by Crippen LogP contribution is 2.34. The first-order valence-corrected chi connectivity index (χ1v) is 8.52. The number of methoxy groups -OCH3 is 1. The summed E-state index contributed by atoms with van der Waals surface area (Å²) >= 11 is 0. The van der Waals surface area contributed by atoms with Gasteiger partial charge < -0.3 is 19.5 Å². The van der Waals surface area contributed by atoms with E-state index in [0.717, 1.165) is 12.0 Å². The topological polar surface area (TPSA) is 73.9 Å². The predicted octanol–water partition coefficient (Wildman–Crippen LogP) is 3.19. The van der Waals surface area contributed by atoms with Crippen LogP contribution in [-0.4, -0.2) is 36.4 Å². The molecule has 1 aromatic rings. The van der Waals surface area contributed by atoms with Crippen molar-refractivity contribution in [1.82, 2.24) is 5.32 Å². The largest absolute Gasteiger partial charge is 0.467 e. The lowest BCUT2D eigenvalue weighted by Crippen LogP contribution is -2.61. The van der Waals surface area contributed by atoms with E-state index < -0.39 is 29.3 Å². The highest BCUT2D eigenvalue weighted by molar-refractivity contribution is 5.87. The predicted molar refractivity (Wildman–Crippen MR) is 93.0 cm³/mol. The summed E-state index contributed by atoms with van der Waals surface area (Å²) in [7, 11) is 1.31. The van der Waals surface area contributed by atoms with Gasteiger partial charge in [0, 0.05) is 0 Å². The zero-order valence-corrected chi connectivity index (χ0v) is 15.3. The molecule has 25 heavy (non-hydrogen) atoms. The van der Waals surface area contributed by atoms with Gasteiger partial charge in [-0.1, -0.05) is 30.3 Å². The summed E-state index contributed by atoms with van der Waals surface area (Å²) in [6.07, 6.45) is 0.765. The van der Waals surface area contributed by atoms with Crippen molar-refractivity contribution in [1.29, 1.82) is 0 Å². The number of hydrogen-bond acceptors (Lipinski definition) is 5. The SMILES string of the molecule is COC(=O)C1(NC(=O)OC(C)(C)C)CCCC1OCc1ccccc1. The van der Waals surface area contributed by atoms with Crippen molar-refractivity contribution in [2.75, 3.05) is 7.11 Å². The van der Waals surface area contributed by atoms with Crippen LogP contribution in [0.5, 0.6) is 0 Å². The molecule has 2 rings (SSSR count). The lowest BCUT2D eigenvalue weighted by molar-refractivity contribution is -0.155. The summed E-state index contributed by atoms with van der Waals surface area (Å²) in [5.74, 6) is -0.506. The minimum atomic E-state index is -1.22. The molecule has 2 atom stereocenters. The summed E-state index contributed by atoms with van der Waals surface area (Å²) in [5, 5.41) is 2.73. The van der Waals surface area contributed by atoms with Gasteiger partial charge in [-0.15, -0.1) is 0 Å². The Morgan fingerprint density at radius 1 is 1.24 bits per heavy atom. The zero-order chi connectivity index (χ0) is 18.5. The number of benzene rings is 1. The molecule has 1 amide bonds. The Bertz CT molecular complexity index is 596. The third kappa shape index (κ3) is 4.95. The second-order valence-electron chi connectivity index (χ2n) is 7.27. The normalized spacial score (nSPS) is 23.1. The Morgan fingerprint density at radius 2 is 1.92 bits per heavy atom. The van der Waals surface area contributed by atoms with Gasteiger partial charge in [-0.2, -0.15) is 0 Å². The van der Waals surface area contributed by atoms with Gasteiger partial charge in [0.25, 0.3) is 0 Å². The van der Waals surface area contributed by atoms with E-state index in [4.69, 9.17) is 14.2 Å². The van der Waals surface area contributed by atoms with Crippen molar-refractivity contribution >= 4 is 12.1 Å². The highest BCUT2D eigenvalue weighted by Gasteiger charge is 2.52. The Kier molecular flexibility index (Phi) is 6.06. The third-order valence-electron chi connectivity index (χ3n) is 4.15. The maximum Gasteiger partial charge on any atom is 0.408 e. The summed E-state index contributed by atoms with van der Waals surface area (Å²) in [4.78, 5) is 24.7. The minimum absolute atomic E-state index is 0.361. The van der Waals surface area contributed by atoms with Crippen LogP contribution in [0.4, 0.5) is 4.79 Å². The number of amides is 1. The Hall–Kier alpha value is -2.08. The van der Waals surface area contributed by atoms with Crippen molar-refractivity contribution in [3.63, 3.8) is 0 Å². The van der Waals surface area contributed by atoms with Crippen LogP contribution >= 0.6 is 0 Å². The fraction of sp³-hybridized carbons (Fsp3) is 0.579. The monoisotopic (exact) mass is 349 g/mol. The Balaban J connectivity index is 2.13.